The number of amides is 1. The Labute approximate surface area is 185 Å². The van der Waals surface area contributed by atoms with E-state index in [0.29, 0.717) is 25.3 Å². The number of carbonyl (C=O) groups is 2. The van der Waals surface area contributed by atoms with Crippen molar-refractivity contribution < 1.29 is 14.3 Å². The Morgan fingerprint density at radius 2 is 1.87 bits per heavy atom. The average molecular weight is 426 g/mol. The van der Waals surface area contributed by atoms with Gasteiger partial charge in [0.05, 0.1) is 35.2 Å². The van der Waals surface area contributed by atoms with E-state index in [2.05, 4.69) is 40.7 Å². The average Bonchev–Trinajstić information content (AvgIpc) is 3.15. The van der Waals surface area contributed by atoms with Gasteiger partial charge < -0.3 is 9.64 Å². The molecule has 1 amide bonds. The van der Waals surface area contributed by atoms with E-state index in [-0.39, 0.29) is 29.6 Å². The highest BCUT2D eigenvalue weighted by Crippen LogP contribution is 2.32. The lowest BCUT2D eigenvalue weighted by molar-refractivity contribution is -0.149. The van der Waals surface area contributed by atoms with Gasteiger partial charge in [0.2, 0.25) is 0 Å². The Balaban J connectivity index is 2.06. The Bertz CT molecular complexity index is 945. The van der Waals surface area contributed by atoms with E-state index in [1.807, 2.05) is 34.7 Å². The molecule has 1 atom stereocenters. The molecule has 1 aliphatic rings. The van der Waals surface area contributed by atoms with Gasteiger partial charge in [-0.25, -0.2) is 4.68 Å². The molecule has 6 heteroatoms. The summed E-state index contributed by atoms with van der Waals surface area (Å²) in [5, 5.41) is 4.94. The van der Waals surface area contributed by atoms with Crippen molar-refractivity contribution in [1.82, 2.24) is 14.7 Å². The van der Waals surface area contributed by atoms with Crippen LogP contribution in [-0.2, 0) is 9.53 Å². The zero-order valence-electron chi connectivity index (χ0n) is 19.6. The molecule has 3 rings (SSSR count). The van der Waals surface area contributed by atoms with Gasteiger partial charge in [0.1, 0.15) is 0 Å². The zero-order chi connectivity index (χ0) is 22.7. The minimum Gasteiger partial charge on any atom is -0.466 e. The molecule has 0 radical (unpaired) electrons. The fraction of sp³-hybridized carbons (Fsp3) is 0.560. The van der Waals surface area contributed by atoms with E-state index in [4.69, 9.17) is 9.84 Å². The van der Waals surface area contributed by atoms with Crippen molar-refractivity contribution in [3.63, 3.8) is 0 Å². The number of esters is 1. The predicted molar refractivity (Wildman–Crippen MR) is 122 cm³/mol. The van der Waals surface area contributed by atoms with Gasteiger partial charge in [0.25, 0.3) is 5.91 Å². The van der Waals surface area contributed by atoms with Crippen LogP contribution >= 0.6 is 0 Å². The Morgan fingerprint density at radius 1 is 1.16 bits per heavy atom. The van der Waals surface area contributed by atoms with Crippen LogP contribution in [-0.4, -0.2) is 46.3 Å². The van der Waals surface area contributed by atoms with E-state index in [1.54, 1.807) is 0 Å². The summed E-state index contributed by atoms with van der Waals surface area (Å²) in [6.45, 7) is 13.6. The molecule has 0 N–H and O–H groups in total. The maximum absolute atomic E-state index is 13.8. The van der Waals surface area contributed by atoms with E-state index >= 15 is 0 Å². The Kier molecular flexibility index (Phi) is 7.19. The third-order valence-electron chi connectivity index (χ3n) is 5.93. The molecule has 31 heavy (non-hydrogen) atoms. The van der Waals surface area contributed by atoms with Crippen LogP contribution in [0.15, 0.2) is 24.3 Å². The molecule has 0 bridgehead atoms. The first-order valence-electron chi connectivity index (χ1n) is 11.4. The maximum Gasteiger partial charge on any atom is 0.310 e. The largest absolute Gasteiger partial charge is 0.466 e. The summed E-state index contributed by atoms with van der Waals surface area (Å²) in [5.74, 6) is -0.268. The standard InChI is InChI=1S/C25H35N3O3/c1-7-31-25(30)19-12-10-14-27(15-19)24(29)21-22(16(2)3)26-28(23(21)17(4)5)20-13-9-8-11-18(20)6/h8-9,11,13,16-17,19H,7,10,12,14-15H2,1-6H3/t19-/m1/s1. The zero-order valence-corrected chi connectivity index (χ0v) is 19.6. The van der Waals surface area contributed by atoms with Crippen molar-refractivity contribution in [2.45, 2.75) is 66.2 Å². The minimum absolute atomic E-state index is 0.0266. The van der Waals surface area contributed by atoms with Gasteiger partial charge in [0.15, 0.2) is 0 Å². The van der Waals surface area contributed by atoms with Crippen molar-refractivity contribution in [2.75, 3.05) is 19.7 Å². The lowest BCUT2D eigenvalue weighted by Gasteiger charge is -2.32. The smallest absolute Gasteiger partial charge is 0.310 e. The first kappa shape index (κ1) is 23.0. The van der Waals surface area contributed by atoms with E-state index in [0.717, 1.165) is 35.5 Å². The van der Waals surface area contributed by atoms with Crippen molar-refractivity contribution in [3.05, 3.63) is 46.8 Å². The quantitative estimate of drug-likeness (QED) is 0.621. The number of nitrogens with zero attached hydrogens (tertiary/aromatic N) is 3. The van der Waals surface area contributed by atoms with Gasteiger partial charge >= 0.3 is 5.97 Å². The van der Waals surface area contributed by atoms with Crippen LogP contribution in [0.3, 0.4) is 0 Å². The summed E-state index contributed by atoms with van der Waals surface area (Å²) in [6, 6.07) is 8.12. The number of piperidine rings is 1. The lowest BCUT2D eigenvalue weighted by Crippen LogP contribution is -2.43. The van der Waals surface area contributed by atoms with Crippen LogP contribution in [0.25, 0.3) is 5.69 Å². The monoisotopic (exact) mass is 425 g/mol. The Morgan fingerprint density at radius 3 is 2.48 bits per heavy atom. The second kappa shape index (κ2) is 9.67. The van der Waals surface area contributed by atoms with Crippen LogP contribution in [0.4, 0.5) is 0 Å². The summed E-state index contributed by atoms with van der Waals surface area (Å²) in [4.78, 5) is 28.0. The second-order valence-corrected chi connectivity index (χ2v) is 9.00. The number of para-hydroxylation sites is 1. The molecular formula is C25H35N3O3. The van der Waals surface area contributed by atoms with Crippen LogP contribution in [0.2, 0.25) is 0 Å². The number of rotatable bonds is 6. The summed E-state index contributed by atoms with van der Waals surface area (Å²) in [7, 11) is 0. The van der Waals surface area contributed by atoms with Crippen LogP contribution in [0, 0.1) is 12.8 Å². The highest BCUT2D eigenvalue weighted by Gasteiger charge is 2.35. The number of carbonyl (C=O) groups excluding carboxylic acids is 2. The van der Waals surface area contributed by atoms with Crippen LogP contribution in [0.5, 0.6) is 0 Å². The fourth-order valence-corrected chi connectivity index (χ4v) is 4.36. The molecule has 0 saturated carbocycles. The van der Waals surface area contributed by atoms with Crippen molar-refractivity contribution >= 4 is 11.9 Å². The summed E-state index contributed by atoms with van der Waals surface area (Å²) < 4.78 is 7.17. The van der Waals surface area contributed by atoms with Gasteiger partial charge in [0, 0.05) is 13.1 Å². The minimum atomic E-state index is -0.255. The molecule has 6 nitrogen and oxygen atoms in total. The number of aryl methyl sites for hydroxylation is 1. The SMILES string of the molecule is CCOC(=O)[C@@H]1CCCN(C(=O)c2c(C(C)C)nn(-c3ccccc3C)c2C(C)C)C1. The molecule has 168 valence electrons. The fourth-order valence-electron chi connectivity index (χ4n) is 4.36. The molecule has 0 aliphatic carbocycles. The van der Waals surface area contributed by atoms with Crippen LogP contribution < -0.4 is 0 Å². The van der Waals surface area contributed by atoms with Gasteiger partial charge in [-0.15, -0.1) is 0 Å². The number of hydrogen-bond donors (Lipinski definition) is 0. The first-order chi connectivity index (χ1) is 14.8. The van der Waals surface area contributed by atoms with Gasteiger partial charge in [-0.2, -0.15) is 5.10 Å². The molecule has 1 fully saturated rings. The van der Waals surface area contributed by atoms with Gasteiger partial charge in [-0.05, 0) is 50.2 Å². The molecule has 2 aromatic rings. The second-order valence-electron chi connectivity index (χ2n) is 9.00. The summed E-state index contributed by atoms with van der Waals surface area (Å²) >= 11 is 0. The van der Waals surface area contributed by atoms with Gasteiger partial charge in [-0.3, -0.25) is 9.59 Å². The van der Waals surface area contributed by atoms with E-state index < -0.39 is 0 Å². The molecule has 1 aromatic heterocycles. The number of likely N-dealkylation sites (tertiary alicyclic amines) is 1. The highest BCUT2D eigenvalue weighted by molar-refractivity contribution is 5.97. The number of aromatic nitrogens is 2. The Hall–Kier alpha value is -2.63. The lowest BCUT2D eigenvalue weighted by atomic mass is 9.94. The number of benzene rings is 1. The highest BCUT2D eigenvalue weighted by atomic mass is 16.5. The van der Waals surface area contributed by atoms with Crippen molar-refractivity contribution in [2.24, 2.45) is 5.92 Å². The third kappa shape index (κ3) is 4.68. The van der Waals surface area contributed by atoms with E-state index in [9.17, 15) is 9.59 Å². The first-order valence-corrected chi connectivity index (χ1v) is 11.4. The predicted octanol–water partition coefficient (Wildman–Crippen LogP) is 4.84. The molecule has 1 aliphatic heterocycles. The van der Waals surface area contributed by atoms with Crippen molar-refractivity contribution in [3.8, 4) is 5.69 Å². The summed E-state index contributed by atoms with van der Waals surface area (Å²) in [5.41, 5.74) is 4.55. The normalized spacial score (nSPS) is 16.8. The number of hydrogen-bond acceptors (Lipinski definition) is 4. The van der Waals surface area contributed by atoms with E-state index in [1.165, 1.54) is 0 Å². The molecular weight excluding hydrogens is 390 g/mol. The van der Waals surface area contributed by atoms with Gasteiger partial charge in [-0.1, -0.05) is 45.9 Å². The molecule has 0 unspecified atom stereocenters. The molecule has 1 saturated heterocycles. The topological polar surface area (TPSA) is 64.4 Å². The van der Waals surface area contributed by atoms with Crippen molar-refractivity contribution in [1.29, 1.82) is 0 Å². The maximum atomic E-state index is 13.8. The molecule has 1 aromatic carbocycles. The van der Waals surface area contributed by atoms with Crippen LogP contribution in [0.1, 0.15) is 86.6 Å². The summed E-state index contributed by atoms with van der Waals surface area (Å²) in [6.07, 6.45) is 1.56. The molecule has 0 spiro atoms. The third-order valence-corrected chi connectivity index (χ3v) is 5.93. The molecule has 2 heterocycles. The number of ether oxygens (including phenoxy) is 1.